The van der Waals surface area contributed by atoms with Gasteiger partial charge in [0.15, 0.2) is 0 Å². The van der Waals surface area contributed by atoms with Gasteiger partial charge < -0.3 is 24.2 Å². The van der Waals surface area contributed by atoms with E-state index in [9.17, 15) is 0 Å². The summed E-state index contributed by atoms with van der Waals surface area (Å²) in [5, 5.41) is 4.15. The highest BCUT2D eigenvalue weighted by molar-refractivity contribution is 7.67. The van der Waals surface area contributed by atoms with E-state index in [0.717, 1.165) is 17.8 Å². The summed E-state index contributed by atoms with van der Waals surface area (Å²) in [6.07, 6.45) is 0.799. The van der Waals surface area contributed by atoms with Gasteiger partial charge in [0.25, 0.3) is 7.37 Å². The second-order valence-corrected chi connectivity index (χ2v) is 11.5. The van der Waals surface area contributed by atoms with Gasteiger partial charge in [-0.25, -0.2) is 0 Å². The zero-order valence-electron chi connectivity index (χ0n) is 21.5. The molecule has 0 bridgehead atoms. The Hall–Kier alpha value is -2.95. The van der Waals surface area contributed by atoms with E-state index in [1.807, 2.05) is 91.8 Å². The summed E-state index contributed by atoms with van der Waals surface area (Å²) in [4.78, 5) is 2.01. The molecule has 0 fully saturated rings. The van der Waals surface area contributed by atoms with Gasteiger partial charge in [-0.15, -0.1) is 0 Å². The molecule has 0 radical (unpaired) electrons. The number of hydrogen-bond donors (Lipinski definition) is 1. The molecule has 6 nitrogen and oxygen atoms in total. The van der Waals surface area contributed by atoms with Gasteiger partial charge in [-0.3, -0.25) is 4.57 Å². The molecule has 0 saturated heterocycles. The van der Waals surface area contributed by atoms with E-state index in [1.165, 1.54) is 0 Å². The van der Waals surface area contributed by atoms with Crippen molar-refractivity contribution in [2.75, 3.05) is 45.1 Å². The molecule has 0 aliphatic rings. The largest absolute Gasteiger partial charge is 0.497 e. The van der Waals surface area contributed by atoms with E-state index in [0.29, 0.717) is 34.9 Å². The second kappa shape index (κ2) is 12.1. The molecule has 7 heteroatoms. The van der Waals surface area contributed by atoms with Gasteiger partial charge in [-0.1, -0.05) is 32.0 Å². The minimum Gasteiger partial charge on any atom is -0.497 e. The summed E-state index contributed by atoms with van der Waals surface area (Å²) >= 11 is 0. The Morgan fingerprint density at radius 1 is 0.914 bits per heavy atom. The number of rotatable bonds is 12. The SMILES string of the molecule is COc1ccc(OC)c([C@H](Nc2ccccc2)[P@@](=O)(OCCC(C)C)c2ccc(N(C)C)cc2)c1. The van der Waals surface area contributed by atoms with Crippen LogP contribution in [0, 0.1) is 5.92 Å². The number of benzene rings is 3. The number of methoxy groups -OCH3 is 2. The van der Waals surface area contributed by atoms with Crippen molar-refractivity contribution in [1.82, 2.24) is 0 Å². The average Bonchev–Trinajstić information content (AvgIpc) is 2.87. The molecule has 3 aromatic rings. The van der Waals surface area contributed by atoms with Crippen LogP contribution in [-0.2, 0) is 9.09 Å². The number of nitrogens with one attached hydrogen (secondary N) is 1. The van der Waals surface area contributed by atoms with E-state index in [2.05, 4.69) is 19.2 Å². The van der Waals surface area contributed by atoms with E-state index in [-0.39, 0.29) is 0 Å². The van der Waals surface area contributed by atoms with Crippen LogP contribution in [0.3, 0.4) is 0 Å². The smallest absolute Gasteiger partial charge is 0.258 e. The maximum Gasteiger partial charge on any atom is 0.258 e. The third-order valence-electron chi connectivity index (χ3n) is 5.85. The lowest BCUT2D eigenvalue weighted by Gasteiger charge is -2.31. The first-order valence-corrected chi connectivity index (χ1v) is 13.5. The summed E-state index contributed by atoms with van der Waals surface area (Å²) in [6, 6.07) is 23.0. The molecule has 0 saturated carbocycles. The van der Waals surface area contributed by atoms with Crippen LogP contribution in [0.5, 0.6) is 11.5 Å². The minimum absolute atomic E-state index is 0.379. The highest BCUT2D eigenvalue weighted by Crippen LogP contribution is 2.61. The van der Waals surface area contributed by atoms with Crippen molar-refractivity contribution in [3.63, 3.8) is 0 Å². The highest BCUT2D eigenvalue weighted by atomic mass is 31.2. The fraction of sp³-hybridized carbons (Fsp3) is 0.357. The van der Waals surface area contributed by atoms with Crippen LogP contribution in [0.2, 0.25) is 0 Å². The Balaban J connectivity index is 2.19. The number of nitrogens with zero attached hydrogens (tertiary/aromatic N) is 1. The van der Waals surface area contributed by atoms with E-state index < -0.39 is 13.2 Å². The lowest BCUT2D eigenvalue weighted by atomic mass is 10.1. The van der Waals surface area contributed by atoms with Crippen molar-refractivity contribution in [3.8, 4) is 11.5 Å². The predicted octanol–water partition coefficient (Wildman–Crippen LogP) is 6.55. The third kappa shape index (κ3) is 6.59. The van der Waals surface area contributed by atoms with Gasteiger partial charge in [-0.05, 0) is 66.9 Å². The van der Waals surface area contributed by atoms with Gasteiger partial charge in [0.1, 0.15) is 17.3 Å². The number of hydrogen-bond acceptors (Lipinski definition) is 6. The first kappa shape index (κ1) is 26.7. The van der Waals surface area contributed by atoms with Crippen molar-refractivity contribution < 1.29 is 18.6 Å². The Morgan fingerprint density at radius 3 is 2.17 bits per heavy atom. The third-order valence-corrected chi connectivity index (χ3v) is 8.52. The molecular formula is C28H37N2O4P. The molecule has 188 valence electrons. The fourth-order valence-electron chi connectivity index (χ4n) is 3.77. The second-order valence-electron chi connectivity index (χ2n) is 9.04. The molecule has 0 unspecified atom stereocenters. The molecule has 3 rings (SSSR count). The Kier molecular flexibility index (Phi) is 9.25. The van der Waals surface area contributed by atoms with Crippen LogP contribution < -0.4 is 25.0 Å². The molecule has 0 spiro atoms. The van der Waals surface area contributed by atoms with Crippen LogP contribution in [0.25, 0.3) is 0 Å². The van der Waals surface area contributed by atoms with Crippen molar-refractivity contribution in [2.45, 2.75) is 26.1 Å². The maximum absolute atomic E-state index is 15.1. The Morgan fingerprint density at radius 2 is 1.60 bits per heavy atom. The minimum atomic E-state index is -3.51. The van der Waals surface area contributed by atoms with Crippen LogP contribution in [-0.4, -0.2) is 34.9 Å². The maximum atomic E-state index is 15.1. The first-order valence-electron chi connectivity index (χ1n) is 11.8. The fourth-order valence-corrected chi connectivity index (χ4v) is 6.20. The number of para-hydroxylation sites is 1. The first-order chi connectivity index (χ1) is 16.8. The lowest BCUT2D eigenvalue weighted by molar-refractivity contribution is 0.289. The van der Waals surface area contributed by atoms with Gasteiger partial charge >= 0.3 is 0 Å². The topological polar surface area (TPSA) is 60.0 Å². The average molecular weight is 497 g/mol. The van der Waals surface area contributed by atoms with Crippen LogP contribution in [0.4, 0.5) is 11.4 Å². The van der Waals surface area contributed by atoms with Crippen molar-refractivity contribution >= 4 is 24.0 Å². The van der Waals surface area contributed by atoms with Crippen molar-refractivity contribution in [3.05, 3.63) is 78.4 Å². The lowest BCUT2D eigenvalue weighted by Crippen LogP contribution is -2.22. The zero-order chi connectivity index (χ0) is 25.4. The molecule has 0 aliphatic carbocycles. The van der Waals surface area contributed by atoms with E-state index in [1.54, 1.807) is 14.2 Å². The monoisotopic (exact) mass is 496 g/mol. The van der Waals surface area contributed by atoms with Gasteiger partial charge in [0.2, 0.25) is 0 Å². The van der Waals surface area contributed by atoms with Crippen molar-refractivity contribution in [1.29, 1.82) is 0 Å². The summed E-state index contributed by atoms with van der Waals surface area (Å²) in [5.74, 6) is 0.980. The molecule has 0 aromatic heterocycles. The normalized spacial score (nSPS) is 13.7. The standard InChI is InChI=1S/C28H37N2O4P/c1-21(2)18-19-34-35(31,25-15-12-23(13-16-25)30(3)4)28(29-22-10-8-7-9-11-22)26-20-24(32-5)14-17-27(26)33-6/h7-17,20-21,28-29H,18-19H2,1-6H3/t28-,35+/m1/s1. The summed E-state index contributed by atoms with van der Waals surface area (Å²) in [5.41, 5.74) is 2.56. The van der Waals surface area contributed by atoms with Crippen molar-refractivity contribution in [2.24, 2.45) is 5.92 Å². The molecule has 0 aliphatic heterocycles. The van der Waals surface area contributed by atoms with Gasteiger partial charge in [0.05, 0.1) is 20.8 Å². The summed E-state index contributed by atoms with van der Waals surface area (Å²) in [6.45, 7) is 4.64. The van der Waals surface area contributed by atoms with E-state index in [4.69, 9.17) is 14.0 Å². The zero-order valence-corrected chi connectivity index (χ0v) is 22.4. The highest BCUT2D eigenvalue weighted by Gasteiger charge is 2.40. The summed E-state index contributed by atoms with van der Waals surface area (Å²) in [7, 11) is 3.68. The number of anilines is 2. The molecule has 35 heavy (non-hydrogen) atoms. The van der Waals surface area contributed by atoms with Crippen LogP contribution >= 0.6 is 7.37 Å². The molecule has 0 amide bonds. The molecular weight excluding hydrogens is 459 g/mol. The quantitative estimate of drug-likeness (QED) is 0.287. The molecule has 3 aromatic carbocycles. The van der Waals surface area contributed by atoms with Crippen LogP contribution in [0.15, 0.2) is 72.8 Å². The summed E-state index contributed by atoms with van der Waals surface area (Å²) < 4.78 is 32.6. The van der Waals surface area contributed by atoms with Gasteiger partial charge in [0, 0.05) is 36.3 Å². The van der Waals surface area contributed by atoms with Crippen LogP contribution in [0.1, 0.15) is 31.6 Å². The molecule has 2 atom stereocenters. The van der Waals surface area contributed by atoms with Gasteiger partial charge in [-0.2, -0.15) is 0 Å². The predicted molar refractivity (Wildman–Crippen MR) is 146 cm³/mol. The number of ether oxygens (including phenoxy) is 2. The molecule has 0 heterocycles. The van der Waals surface area contributed by atoms with E-state index >= 15 is 4.57 Å². The Bertz CT molecular complexity index is 1120. The Labute approximate surface area is 209 Å². The molecule has 1 N–H and O–H groups in total.